The number of hydrogen-bond acceptors (Lipinski definition) is 5. The van der Waals surface area contributed by atoms with Gasteiger partial charge >= 0.3 is 0 Å². The Hall–Kier alpha value is -2.53. The second kappa shape index (κ2) is 5.46. The number of nitrogen functional groups attached to an aromatic ring is 2. The molecule has 0 aliphatic heterocycles. The minimum Gasteiger partial charge on any atom is -0.489 e. The molecular weight excluding hydrogens is 288 g/mol. The highest BCUT2D eigenvalue weighted by Crippen LogP contribution is 2.24. The molecule has 3 aromatic rings. The summed E-state index contributed by atoms with van der Waals surface area (Å²) >= 11 is 5.85. The van der Waals surface area contributed by atoms with Gasteiger partial charge in [-0.05, 0) is 35.9 Å². The summed E-state index contributed by atoms with van der Waals surface area (Å²) in [5, 5.41) is 1.42. The van der Waals surface area contributed by atoms with Gasteiger partial charge in [0.05, 0.1) is 5.52 Å². The third-order valence-electron chi connectivity index (χ3n) is 3.03. The maximum atomic E-state index is 5.85. The van der Waals surface area contributed by atoms with Crippen LogP contribution in [-0.4, -0.2) is 9.97 Å². The number of nitrogens with zero attached hydrogens (tertiary/aromatic N) is 2. The average Bonchev–Trinajstić information content (AvgIpc) is 2.47. The van der Waals surface area contributed by atoms with Crippen LogP contribution in [0.15, 0.2) is 42.5 Å². The molecule has 0 aliphatic carbocycles. The summed E-state index contributed by atoms with van der Waals surface area (Å²) < 4.78 is 5.74. The first-order valence-electron chi connectivity index (χ1n) is 6.32. The Kier molecular flexibility index (Phi) is 3.50. The van der Waals surface area contributed by atoms with E-state index in [1.807, 2.05) is 30.3 Å². The van der Waals surface area contributed by atoms with Gasteiger partial charge in [-0.25, -0.2) is 4.98 Å². The number of halogens is 1. The Morgan fingerprint density at radius 2 is 1.76 bits per heavy atom. The monoisotopic (exact) mass is 300 g/mol. The maximum absolute atomic E-state index is 5.85. The molecule has 3 rings (SSSR count). The number of anilines is 2. The number of ether oxygens (including phenoxy) is 1. The zero-order valence-electron chi connectivity index (χ0n) is 11.1. The van der Waals surface area contributed by atoms with Gasteiger partial charge in [0.1, 0.15) is 18.2 Å². The Labute approximate surface area is 126 Å². The first-order valence-corrected chi connectivity index (χ1v) is 6.69. The molecule has 0 bridgehead atoms. The van der Waals surface area contributed by atoms with Crippen LogP contribution in [0.25, 0.3) is 10.9 Å². The van der Waals surface area contributed by atoms with E-state index in [-0.39, 0.29) is 5.95 Å². The van der Waals surface area contributed by atoms with E-state index in [9.17, 15) is 0 Å². The summed E-state index contributed by atoms with van der Waals surface area (Å²) in [4.78, 5) is 8.07. The third-order valence-corrected chi connectivity index (χ3v) is 3.28. The molecule has 0 saturated carbocycles. The highest BCUT2D eigenvalue weighted by atomic mass is 35.5. The Balaban J connectivity index is 1.83. The van der Waals surface area contributed by atoms with Crippen LogP contribution in [0.5, 0.6) is 5.75 Å². The van der Waals surface area contributed by atoms with E-state index >= 15 is 0 Å². The van der Waals surface area contributed by atoms with Crippen LogP contribution in [-0.2, 0) is 6.61 Å². The van der Waals surface area contributed by atoms with E-state index in [1.165, 1.54) is 0 Å². The predicted molar refractivity (Wildman–Crippen MR) is 84.1 cm³/mol. The molecule has 106 valence electrons. The van der Waals surface area contributed by atoms with Gasteiger partial charge in [0.15, 0.2) is 0 Å². The Bertz CT molecular complexity index is 790. The van der Waals surface area contributed by atoms with Gasteiger partial charge in [0.25, 0.3) is 0 Å². The molecule has 6 heteroatoms. The number of aromatic nitrogens is 2. The molecule has 0 fully saturated rings. The minimum atomic E-state index is 0.162. The number of fused-ring (bicyclic) bond motifs is 1. The lowest BCUT2D eigenvalue weighted by Crippen LogP contribution is -2.01. The topological polar surface area (TPSA) is 87.0 Å². The van der Waals surface area contributed by atoms with Crippen LogP contribution < -0.4 is 16.2 Å². The fraction of sp³-hybridized carbons (Fsp3) is 0.0667. The summed E-state index contributed by atoms with van der Waals surface area (Å²) in [6, 6.07) is 12.9. The lowest BCUT2D eigenvalue weighted by Gasteiger charge is -2.08. The van der Waals surface area contributed by atoms with Gasteiger partial charge in [-0.3, -0.25) is 0 Å². The van der Waals surface area contributed by atoms with E-state index < -0.39 is 0 Å². The summed E-state index contributed by atoms with van der Waals surface area (Å²) in [6.07, 6.45) is 0. The van der Waals surface area contributed by atoms with Crippen molar-refractivity contribution in [3.05, 3.63) is 53.1 Å². The smallest absolute Gasteiger partial charge is 0.222 e. The van der Waals surface area contributed by atoms with Crippen LogP contribution in [0, 0.1) is 0 Å². The maximum Gasteiger partial charge on any atom is 0.222 e. The quantitative estimate of drug-likeness (QED) is 0.776. The third kappa shape index (κ3) is 2.98. The molecule has 5 nitrogen and oxygen atoms in total. The average molecular weight is 301 g/mol. The zero-order valence-corrected chi connectivity index (χ0v) is 11.8. The van der Waals surface area contributed by atoms with Crippen molar-refractivity contribution < 1.29 is 4.74 Å². The van der Waals surface area contributed by atoms with E-state index in [4.69, 9.17) is 27.8 Å². The summed E-state index contributed by atoms with van der Waals surface area (Å²) in [5.41, 5.74) is 13.1. The van der Waals surface area contributed by atoms with E-state index in [0.29, 0.717) is 28.7 Å². The van der Waals surface area contributed by atoms with Gasteiger partial charge in [-0.15, -0.1) is 0 Å². The van der Waals surface area contributed by atoms with Crippen LogP contribution in [0.1, 0.15) is 5.56 Å². The molecule has 0 spiro atoms. The molecule has 0 unspecified atom stereocenters. The lowest BCUT2D eigenvalue weighted by molar-refractivity contribution is 0.306. The molecule has 0 saturated heterocycles. The summed E-state index contributed by atoms with van der Waals surface area (Å²) in [7, 11) is 0. The minimum absolute atomic E-state index is 0.162. The van der Waals surface area contributed by atoms with Crippen LogP contribution in [0.2, 0.25) is 5.02 Å². The second-order valence-corrected chi connectivity index (χ2v) is 5.00. The molecular formula is C15H13ClN4O. The van der Waals surface area contributed by atoms with Crippen molar-refractivity contribution in [2.24, 2.45) is 0 Å². The van der Waals surface area contributed by atoms with Crippen molar-refractivity contribution in [1.29, 1.82) is 0 Å². The summed E-state index contributed by atoms with van der Waals surface area (Å²) in [6.45, 7) is 0.443. The van der Waals surface area contributed by atoms with Crippen LogP contribution >= 0.6 is 11.6 Å². The molecule has 1 aromatic heterocycles. The summed E-state index contributed by atoms with van der Waals surface area (Å²) in [5.74, 6) is 1.20. The van der Waals surface area contributed by atoms with E-state index in [2.05, 4.69) is 9.97 Å². The number of nitrogens with two attached hydrogens (primary N) is 2. The van der Waals surface area contributed by atoms with Gasteiger partial charge in [-0.1, -0.05) is 23.7 Å². The fourth-order valence-electron chi connectivity index (χ4n) is 1.99. The van der Waals surface area contributed by atoms with Crippen molar-refractivity contribution in [2.75, 3.05) is 11.5 Å². The largest absolute Gasteiger partial charge is 0.489 e. The molecule has 0 radical (unpaired) electrons. The van der Waals surface area contributed by atoms with Crippen molar-refractivity contribution in [1.82, 2.24) is 9.97 Å². The molecule has 0 atom stereocenters. The second-order valence-electron chi connectivity index (χ2n) is 4.56. The van der Waals surface area contributed by atoms with Gasteiger partial charge < -0.3 is 16.2 Å². The molecule has 0 amide bonds. The highest BCUT2D eigenvalue weighted by molar-refractivity contribution is 6.30. The molecule has 0 aliphatic rings. The molecule has 1 heterocycles. The highest BCUT2D eigenvalue weighted by Gasteiger charge is 2.05. The number of rotatable bonds is 3. The van der Waals surface area contributed by atoms with E-state index in [1.54, 1.807) is 12.1 Å². The first kappa shape index (κ1) is 13.5. The zero-order chi connectivity index (χ0) is 14.8. The molecule has 4 N–H and O–H groups in total. The Morgan fingerprint density at radius 3 is 2.52 bits per heavy atom. The molecule has 21 heavy (non-hydrogen) atoms. The first-order chi connectivity index (χ1) is 10.1. The SMILES string of the molecule is Nc1nc(N)c2cc(OCc3ccc(Cl)cc3)ccc2n1. The number of hydrogen-bond donors (Lipinski definition) is 2. The van der Waals surface area contributed by atoms with Gasteiger partial charge in [-0.2, -0.15) is 4.98 Å². The lowest BCUT2D eigenvalue weighted by atomic mass is 10.2. The van der Waals surface area contributed by atoms with Gasteiger partial charge in [0, 0.05) is 10.4 Å². The van der Waals surface area contributed by atoms with Gasteiger partial charge in [0.2, 0.25) is 5.95 Å². The van der Waals surface area contributed by atoms with E-state index in [0.717, 1.165) is 10.9 Å². The van der Waals surface area contributed by atoms with Crippen molar-refractivity contribution in [2.45, 2.75) is 6.61 Å². The van der Waals surface area contributed by atoms with Crippen molar-refractivity contribution >= 4 is 34.3 Å². The fourth-order valence-corrected chi connectivity index (χ4v) is 2.11. The standard InChI is InChI=1S/C15H13ClN4O/c16-10-3-1-9(2-4-10)8-21-11-5-6-13-12(7-11)14(17)20-15(18)19-13/h1-7H,8H2,(H4,17,18,19,20). The number of benzene rings is 2. The van der Waals surface area contributed by atoms with Crippen molar-refractivity contribution in [3.8, 4) is 5.75 Å². The Morgan fingerprint density at radius 1 is 1.00 bits per heavy atom. The normalized spacial score (nSPS) is 10.7. The predicted octanol–water partition coefficient (Wildman–Crippen LogP) is 3.03. The van der Waals surface area contributed by atoms with Crippen molar-refractivity contribution in [3.63, 3.8) is 0 Å². The van der Waals surface area contributed by atoms with Crippen LogP contribution in [0.3, 0.4) is 0 Å². The molecule has 2 aromatic carbocycles. The van der Waals surface area contributed by atoms with Crippen LogP contribution in [0.4, 0.5) is 11.8 Å².